The van der Waals surface area contributed by atoms with Crippen molar-refractivity contribution in [1.29, 1.82) is 0 Å². The van der Waals surface area contributed by atoms with Crippen molar-refractivity contribution in [3.63, 3.8) is 0 Å². The van der Waals surface area contributed by atoms with Gasteiger partial charge in [-0.3, -0.25) is 4.79 Å². The van der Waals surface area contributed by atoms with E-state index in [1.807, 2.05) is 33.0 Å². The van der Waals surface area contributed by atoms with E-state index in [9.17, 15) is 4.79 Å². The molecule has 0 aromatic carbocycles. The van der Waals surface area contributed by atoms with E-state index in [1.165, 1.54) is 0 Å². The molecule has 1 unspecified atom stereocenters. The number of amides is 1. The van der Waals surface area contributed by atoms with Crippen LogP contribution in [0.1, 0.15) is 20.3 Å². The lowest BCUT2D eigenvalue weighted by molar-refractivity contribution is -0.118. The van der Waals surface area contributed by atoms with Gasteiger partial charge >= 0.3 is 0 Å². The Morgan fingerprint density at radius 3 is 2.07 bits per heavy atom. The molecule has 84 valence electrons. The van der Waals surface area contributed by atoms with Gasteiger partial charge in [0.1, 0.15) is 0 Å². The molecule has 0 aromatic heterocycles. The van der Waals surface area contributed by atoms with E-state index >= 15 is 0 Å². The molecule has 4 nitrogen and oxygen atoms in total. The fourth-order valence-corrected chi connectivity index (χ4v) is 0.394. The van der Waals surface area contributed by atoms with Gasteiger partial charge in [-0.25, -0.2) is 0 Å². The average Bonchev–Trinajstić information content (AvgIpc) is 2.02. The van der Waals surface area contributed by atoms with Crippen molar-refractivity contribution >= 4 is 5.91 Å². The molecule has 1 atom stereocenters. The van der Waals surface area contributed by atoms with Crippen LogP contribution < -0.4 is 11.1 Å². The van der Waals surface area contributed by atoms with Gasteiger partial charge in [-0.15, -0.1) is 0 Å². The Labute approximate surface area is 87.2 Å². The molecule has 0 aromatic rings. The second-order valence-corrected chi connectivity index (χ2v) is 3.61. The third-order valence-corrected chi connectivity index (χ3v) is 1.14. The number of rotatable bonds is 3. The summed E-state index contributed by atoms with van der Waals surface area (Å²) in [6.45, 7) is 7.03. The van der Waals surface area contributed by atoms with Crippen molar-refractivity contribution in [2.75, 3.05) is 21.1 Å². The van der Waals surface area contributed by atoms with Crippen LogP contribution in [0.25, 0.3) is 0 Å². The standard InChI is InChI=1S/C7H14N2O.C3H9N/c1-4-6(8)9-7(10)5(2)3;1-4(2)3/h6H,2,4,8H2,1,3H3,(H,9,10);1-3H3. The Hall–Kier alpha value is -0.870. The van der Waals surface area contributed by atoms with E-state index in [-0.39, 0.29) is 12.1 Å². The fourth-order valence-electron chi connectivity index (χ4n) is 0.394. The maximum Gasteiger partial charge on any atom is 0.247 e. The minimum absolute atomic E-state index is 0.172. The lowest BCUT2D eigenvalue weighted by Crippen LogP contribution is -2.41. The van der Waals surface area contributed by atoms with E-state index < -0.39 is 0 Å². The summed E-state index contributed by atoms with van der Waals surface area (Å²) in [7, 11) is 6.00. The molecule has 0 fully saturated rings. The molecular weight excluding hydrogens is 178 g/mol. The van der Waals surface area contributed by atoms with E-state index in [1.54, 1.807) is 6.92 Å². The molecule has 0 spiro atoms. The van der Waals surface area contributed by atoms with Crippen LogP contribution in [-0.2, 0) is 4.79 Å². The predicted molar refractivity (Wildman–Crippen MR) is 60.8 cm³/mol. The highest BCUT2D eigenvalue weighted by molar-refractivity contribution is 5.92. The Kier molecular flexibility index (Phi) is 9.71. The zero-order chi connectivity index (χ0) is 11.7. The first kappa shape index (κ1) is 15.6. The Bertz CT molecular complexity index is 175. The van der Waals surface area contributed by atoms with Crippen LogP contribution in [0.2, 0.25) is 0 Å². The van der Waals surface area contributed by atoms with Crippen LogP contribution in [0.3, 0.4) is 0 Å². The highest BCUT2D eigenvalue weighted by atomic mass is 16.1. The van der Waals surface area contributed by atoms with Gasteiger partial charge in [-0.1, -0.05) is 13.5 Å². The van der Waals surface area contributed by atoms with Gasteiger partial charge in [0.05, 0.1) is 6.17 Å². The number of nitrogens with zero attached hydrogens (tertiary/aromatic N) is 1. The molecule has 0 aliphatic rings. The molecular formula is C10H23N3O. The topological polar surface area (TPSA) is 58.4 Å². The fraction of sp³-hybridized carbons (Fsp3) is 0.700. The maximum atomic E-state index is 10.8. The first-order valence-corrected chi connectivity index (χ1v) is 4.64. The van der Waals surface area contributed by atoms with Crippen LogP contribution in [0.4, 0.5) is 0 Å². The normalized spacial score (nSPS) is 11.4. The van der Waals surface area contributed by atoms with Crippen molar-refractivity contribution in [2.24, 2.45) is 5.73 Å². The van der Waals surface area contributed by atoms with Gasteiger partial charge in [0.2, 0.25) is 5.91 Å². The molecule has 0 aliphatic carbocycles. The van der Waals surface area contributed by atoms with Crippen molar-refractivity contribution < 1.29 is 4.79 Å². The maximum absolute atomic E-state index is 10.8. The summed E-state index contributed by atoms with van der Waals surface area (Å²) >= 11 is 0. The third kappa shape index (κ3) is 13.7. The van der Waals surface area contributed by atoms with Crippen molar-refractivity contribution in [3.05, 3.63) is 12.2 Å². The molecule has 0 saturated carbocycles. The van der Waals surface area contributed by atoms with E-state index in [4.69, 9.17) is 5.73 Å². The molecule has 4 heteroatoms. The van der Waals surface area contributed by atoms with Crippen LogP contribution in [0.5, 0.6) is 0 Å². The number of nitrogens with two attached hydrogens (primary N) is 1. The first-order chi connectivity index (χ1) is 6.31. The summed E-state index contributed by atoms with van der Waals surface area (Å²) in [6.07, 6.45) is 0.489. The summed E-state index contributed by atoms with van der Waals surface area (Å²) < 4.78 is 0. The van der Waals surface area contributed by atoms with Gasteiger partial charge in [0.15, 0.2) is 0 Å². The van der Waals surface area contributed by atoms with Crippen LogP contribution in [0, 0.1) is 0 Å². The number of hydrogen-bond donors (Lipinski definition) is 2. The number of nitrogens with one attached hydrogen (secondary N) is 1. The van der Waals surface area contributed by atoms with Crippen LogP contribution in [0.15, 0.2) is 12.2 Å². The molecule has 0 bridgehead atoms. The second-order valence-electron chi connectivity index (χ2n) is 3.61. The third-order valence-electron chi connectivity index (χ3n) is 1.14. The molecule has 0 radical (unpaired) electrons. The van der Waals surface area contributed by atoms with Gasteiger partial charge < -0.3 is 16.0 Å². The minimum Gasteiger partial charge on any atom is -0.337 e. The highest BCUT2D eigenvalue weighted by Gasteiger charge is 2.04. The molecule has 0 rings (SSSR count). The summed E-state index contributed by atoms with van der Waals surface area (Å²) in [5.41, 5.74) is 5.93. The SMILES string of the molecule is C=C(C)C(=O)NC(N)CC.CN(C)C. The monoisotopic (exact) mass is 201 g/mol. The number of carbonyl (C=O) groups excluding carboxylic acids is 1. The van der Waals surface area contributed by atoms with Gasteiger partial charge in [0, 0.05) is 5.57 Å². The van der Waals surface area contributed by atoms with E-state index in [2.05, 4.69) is 11.9 Å². The molecule has 1 amide bonds. The lowest BCUT2D eigenvalue weighted by atomic mass is 10.3. The quantitative estimate of drug-likeness (QED) is 0.518. The van der Waals surface area contributed by atoms with Crippen LogP contribution in [-0.4, -0.2) is 38.1 Å². The number of hydrogen-bond acceptors (Lipinski definition) is 3. The van der Waals surface area contributed by atoms with Crippen molar-refractivity contribution in [1.82, 2.24) is 10.2 Å². The molecule has 14 heavy (non-hydrogen) atoms. The smallest absolute Gasteiger partial charge is 0.247 e. The zero-order valence-electron chi connectivity index (χ0n) is 9.92. The lowest BCUT2D eigenvalue weighted by Gasteiger charge is -2.10. The summed E-state index contributed by atoms with van der Waals surface area (Å²) in [4.78, 5) is 12.8. The first-order valence-electron chi connectivity index (χ1n) is 4.64. The van der Waals surface area contributed by atoms with Gasteiger partial charge in [-0.2, -0.15) is 0 Å². The average molecular weight is 201 g/mol. The number of carbonyl (C=O) groups is 1. The van der Waals surface area contributed by atoms with E-state index in [0.717, 1.165) is 6.42 Å². The summed E-state index contributed by atoms with van der Waals surface area (Å²) in [5.74, 6) is -0.172. The van der Waals surface area contributed by atoms with Gasteiger partial charge in [0.25, 0.3) is 0 Å². The van der Waals surface area contributed by atoms with Crippen molar-refractivity contribution in [2.45, 2.75) is 26.4 Å². The summed E-state index contributed by atoms with van der Waals surface area (Å²) in [6, 6.07) is 0. The Morgan fingerprint density at radius 1 is 1.50 bits per heavy atom. The second kappa shape index (κ2) is 8.72. The predicted octanol–water partition coefficient (Wildman–Crippen LogP) is 0.551. The zero-order valence-corrected chi connectivity index (χ0v) is 9.92. The Balaban J connectivity index is 0. The molecule has 0 heterocycles. The molecule has 0 saturated heterocycles. The molecule has 0 aliphatic heterocycles. The van der Waals surface area contributed by atoms with Crippen molar-refractivity contribution in [3.8, 4) is 0 Å². The largest absolute Gasteiger partial charge is 0.337 e. The van der Waals surface area contributed by atoms with Gasteiger partial charge in [-0.05, 0) is 34.5 Å². The Morgan fingerprint density at radius 2 is 1.86 bits per heavy atom. The minimum atomic E-state index is -0.246. The van der Waals surface area contributed by atoms with E-state index in [0.29, 0.717) is 5.57 Å². The summed E-state index contributed by atoms with van der Waals surface area (Å²) in [5, 5.41) is 2.57. The highest BCUT2D eigenvalue weighted by Crippen LogP contribution is 1.87. The molecule has 3 N–H and O–H groups in total. The van der Waals surface area contributed by atoms with Crippen LogP contribution >= 0.6 is 0 Å².